The van der Waals surface area contributed by atoms with E-state index in [1.807, 2.05) is 0 Å². The maximum Gasteiger partial charge on any atom is 0.100 e. The lowest BCUT2D eigenvalue weighted by Gasteiger charge is -2.34. The number of piperidine rings is 1. The first-order valence-electron chi connectivity index (χ1n) is 9.14. The van der Waals surface area contributed by atoms with Crippen LogP contribution in [0.25, 0.3) is 10.8 Å². The summed E-state index contributed by atoms with van der Waals surface area (Å²) in [6.07, 6.45) is 3.01. The van der Waals surface area contributed by atoms with Gasteiger partial charge in [0.25, 0.3) is 0 Å². The lowest BCUT2D eigenvalue weighted by molar-refractivity contribution is 0.308. The van der Waals surface area contributed by atoms with Gasteiger partial charge >= 0.3 is 0 Å². The maximum absolute atomic E-state index is 8.53. The molecule has 1 aliphatic rings. The van der Waals surface area contributed by atoms with Crippen LogP contribution in [0, 0.1) is 5.41 Å². The molecule has 0 aliphatic carbocycles. The second-order valence-electron chi connectivity index (χ2n) is 6.98. The smallest absolute Gasteiger partial charge is 0.100 e. The number of likely N-dealkylation sites (tertiary alicyclic amines) is 1. The van der Waals surface area contributed by atoms with Crippen molar-refractivity contribution >= 4 is 29.0 Å². The van der Waals surface area contributed by atoms with Gasteiger partial charge in [0, 0.05) is 19.5 Å². The third-order valence-corrected chi connectivity index (χ3v) is 5.33. The Morgan fingerprint density at radius 2 is 1.50 bits per heavy atom. The van der Waals surface area contributed by atoms with Gasteiger partial charge in [-0.1, -0.05) is 72.8 Å². The number of hydrogen-bond acceptors (Lipinski definition) is 1. The zero-order valence-corrected chi connectivity index (χ0v) is 15.7. The first-order valence-corrected chi connectivity index (χ1v) is 9.14. The number of nitrogens with one attached hydrogen (secondary N) is 1. The van der Waals surface area contributed by atoms with Gasteiger partial charge in [-0.15, -0.1) is 12.4 Å². The molecule has 0 bridgehead atoms. The fraction of sp³-hybridized carbons (Fsp3) is 0.261. The minimum atomic E-state index is 0. The molecule has 4 rings (SSSR count). The fourth-order valence-electron chi connectivity index (χ4n) is 3.86. The monoisotopic (exact) mass is 364 g/mol. The molecule has 134 valence electrons. The molecule has 0 spiro atoms. The lowest BCUT2D eigenvalue weighted by atomic mass is 9.89. The van der Waals surface area contributed by atoms with Crippen molar-refractivity contribution in [2.75, 3.05) is 13.1 Å². The van der Waals surface area contributed by atoms with Gasteiger partial charge in [-0.05, 0) is 40.7 Å². The molecule has 2 nitrogen and oxygen atoms in total. The molecule has 0 atom stereocenters. The topological polar surface area (TPSA) is 27.1 Å². The zero-order chi connectivity index (χ0) is 17.1. The molecule has 0 radical (unpaired) electrons. The van der Waals surface area contributed by atoms with Crippen molar-refractivity contribution in [2.24, 2.45) is 0 Å². The van der Waals surface area contributed by atoms with E-state index in [1.165, 1.54) is 21.9 Å². The van der Waals surface area contributed by atoms with E-state index in [-0.39, 0.29) is 12.4 Å². The number of amidine groups is 1. The predicted molar refractivity (Wildman–Crippen MR) is 113 cm³/mol. The van der Waals surface area contributed by atoms with Gasteiger partial charge < -0.3 is 4.90 Å². The highest BCUT2D eigenvalue weighted by molar-refractivity contribution is 5.86. The van der Waals surface area contributed by atoms with Crippen LogP contribution in [0.4, 0.5) is 0 Å². The van der Waals surface area contributed by atoms with Crippen LogP contribution in [0.2, 0.25) is 0 Å². The van der Waals surface area contributed by atoms with Crippen LogP contribution in [-0.2, 0) is 6.42 Å². The average molecular weight is 365 g/mol. The molecular weight excluding hydrogens is 340 g/mol. The third-order valence-electron chi connectivity index (χ3n) is 5.33. The molecule has 3 heteroatoms. The standard InChI is InChI=1S/C23H24N2.ClH/c24-23(17-18-10-11-20-8-4-5-9-22(20)16-18)25-14-12-21(13-15-25)19-6-2-1-3-7-19;/h1-11,16,21,24H,12-15,17H2;1H. The lowest BCUT2D eigenvalue weighted by Crippen LogP contribution is -2.38. The van der Waals surface area contributed by atoms with Crippen molar-refractivity contribution in [1.29, 1.82) is 5.41 Å². The third kappa shape index (κ3) is 4.08. The molecule has 3 aromatic rings. The summed E-state index contributed by atoms with van der Waals surface area (Å²) in [5.41, 5.74) is 2.68. The SMILES string of the molecule is Cl.N=C(Cc1ccc2ccccc2c1)N1CCC(c2ccccc2)CC1. The van der Waals surface area contributed by atoms with E-state index >= 15 is 0 Å². The molecular formula is C23H25ClN2. The molecule has 3 aromatic carbocycles. The van der Waals surface area contributed by atoms with Crippen molar-refractivity contribution in [3.8, 4) is 0 Å². The van der Waals surface area contributed by atoms with Crippen molar-refractivity contribution in [2.45, 2.75) is 25.2 Å². The Balaban J connectivity index is 0.00000196. The van der Waals surface area contributed by atoms with Gasteiger partial charge in [-0.2, -0.15) is 0 Å². The van der Waals surface area contributed by atoms with Gasteiger partial charge in [0.05, 0.1) is 0 Å². The molecule has 1 N–H and O–H groups in total. The fourth-order valence-corrected chi connectivity index (χ4v) is 3.86. The largest absolute Gasteiger partial charge is 0.360 e. The van der Waals surface area contributed by atoms with Crippen molar-refractivity contribution in [3.63, 3.8) is 0 Å². The van der Waals surface area contributed by atoms with Crippen molar-refractivity contribution in [1.82, 2.24) is 4.90 Å². The summed E-state index contributed by atoms with van der Waals surface area (Å²) in [5, 5.41) is 11.1. The number of fused-ring (bicyclic) bond motifs is 1. The van der Waals surface area contributed by atoms with Gasteiger partial charge in [-0.25, -0.2) is 0 Å². The molecule has 0 unspecified atom stereocenters. The molecule has 0 aromatic heterocycles. The summed E-state index contributed by atoms with van der Waals surface area (Å²) < 4.78 is 0. The van der Waals surface area contributed by atoms with E-state index in [9.17, 15) is 0 Å². The van der Waals surface area contributed by atoms with E-state index < -0.39 is 0 Å². The van der Waals surface area contributed by atoms with E-state index in [0.29, 0.717) is 5.92 Å². The summed E-state index contributed by atoms with van der Waals surface area (Å²) in [6, 6.07) is 25.8. The quantitative estimate of drug-likeness (QED) is 0.471. The van der Waals surface area contributed by atoms with E-state index in [1.54, 1.807) is 0 Å². The Morgan fingerprint density at radius 1 is 0.846 bits per heavy atom. The van der Waals surface area contributed by atoms with Gasteiger partial charge in [0.2, 0.25) is 0 Å². The first kappa shape index (κ1) is 18.5. The second-order valence-corrected chi connectivity index (χ2v) is 6.98. The number of rotatable bonds is 3. The normalized spacial score (nSPS) is 14.8. The minimum absolute atomic E-state index is 0. The molecule has 1 saturated heterocycles. The average Bonchev–Trinajstić information content (AvgIpc) is 2.69. The summed E-state index contributed by atoms with van der Waals surface area (Å²) >= 11 is 0. The van der Waals surface area contributed by atoms with Crippen LogP contribution in [0.5, 0.6) is 0 Å². The maximum atomic E-state index is 8.53. The molecule has 26 heavy (non-hydrogen) atoms. The second kappa shape index (κ2) is 8.37. The Labute approximate surface area is 161 Å². The minimum Gasteiger partial charge on any atom is -0.360 e. The van der Waals surface area contributed by atoms with E-state index in [4.69, 9.17) is 5.41 Å². The Hall–Kier alpha value is -2.32. The van der Waals surface area contributed by atoms with Crippen molar-refractivity contribution in [3.05, 3.63) is 83.9 Å². The Kier molecular flexibility index (Phi) is 5.95. The molecule has 1 fully saturated rings. The number of nitrogens with zero attached hydrogens (tertiary/aromatic N) is 1. The van der Waals surface area contributed by atoms with Crippen LogP contribution in [0.3, 0.4) is 0 Å². The van der Waals surface area contributed by atoms with Crippen molar-refractivity contribution < 1.29 is 0 Å². The molecule has 0 amide bonds. The van der Waals surface area contributed by atoms with Gasteiger partial charge in [0.1, 0.15) is 5.84 Å². The number of hydrogen-bond donors (Lipinski definition) is 1. The van der Waals surface area contributed by atoms with Crippen LogP contribution >= 0.6 is 12.4 Å². The van der Waals surface area contributed by atoms with Gasteiger partial charge in [-0.3, -0.25) is 5.41 Å². The highest BCUT2D eigenvalue weighted by atomic mass is 35.5. The van der Waals surface area contributed by atoms with Crippen LogP contribution in [0.15, 0.2) is 72.8 Å². The summed E-state index contributed by atoms with van der Waals surface area (Å²) in [7, 11) is 0. The summed E-state index contributed by atoms with van der Waals surface area (Å²) in [6.45, 7) is 1.98. The highest BCUT2D eigenvalue weighted by Crippen LogP contribution is 2.28. The van der Waals surface area contributed by atoms with Crippen LogP contribution < -0.4 is 0 Å². The van der Waals surface area contributed by atoms with Crippen LogP contribution in [0.1, 0.15) is 29.9 Å². The Morgan fingerprint density at radius 3 is 2.23 bits per heavy atom. The van der Waals surface area contributed by atoms with E-state index in [2.05, 4.69) is 77.7 Å². The highest BCUT2D eigenvalue weighted by Gasteiger charge is 2.22. The van der Waals surface area contributed by atoms with Crippen LogP contribution in [-0.4, -0.2) is 23.8 Å². The predicted octanol–water partition coefficient (Wildman–Crippen LogP) is 5.66. The Bertz CT molecular complexity index is 868. The summed E-state index contributed by atoms with van der Waals surface area (Å²) in [4.78, 5) is 2.26. The molecule has 0 saturated carbocycles. The van der Waals surface area contributed by atoms with Gasteiger partial charge in [0.15, 0.2) is 0 Å². The molecule has 1 aliphatic heterocycles. The molecule has 1 heterocycles. The first-order chi connectivity index (χ1) is 12.3. The number of halogens is 1. The number of benzene rings is 3. The summed E-state index contributed by atoms with van der Waals surface area (Å²) in [5.74, 6) is 1.40. The zero-order valence-electron chi connectivity index (χ0n) is 14.9. The van der Waals surface area contributed by atoms with E-state index in [0.717, 1.165) is 38.2 Å².